The number of para-hydroxylation sites is 1. The van der Waals surface area contributed by atoms with Gasteiger partial charge in [-0.2, -0.15) is 17.5 Å². The second-order valence-electron chi connectivity index (χ2n) is 8.19. The Morgan fingerprint density at radius 3 is 2.26 bits per heavy atom. The number of nitrogens with one attached hydrogen (secondary N) is 1. The minimum absolute atomic E-state index is 0.0681. The van der Waals surface area contributed by atoms with Crippen molar-refractivity contribution in [1.29, 1.82) is 0 Å². The highest BCUT2D eigenvalue weighted by Crippen LogP contribution is 2.36. The SMILES string of the molecule is CC(=O)N(C)Cc1ccccc1NC(=O)C1CCN(S(=O)(=O)c2ccccc2C(F)(F)F)CC1. The molecule has 3 rings (SSSR count). The van der Waals surface area contributed by atoms with Gasteiger partial charge in [0.05, 0.1) is 10.5 Å². The van der Waals surface area contributed by atoms with Crippen LogP contribution >= 0.6 is 0 Å². The van der Waals surface area contributed by atoms with E-state index in [2.05, 4.69) is 5.32 Å². The Balaban J connectivity index is 1.68. The van der Waals surface area contributed by atoms with Crippen molar-refractivity contribution in [3.05, 3.63) is 59.7 Å². The summed E-state index contributed by atoms with van der Waals surface area (Å²) in [6.45, 7) is 1.61. The van der Waals surface area contributed by atoms with Gasteiger partial charge in [-0.15, -0.1) is 0 Å². The number of nitrogens with zero attached hydrogens (tertiary/aromatic N) is 2. The molecule has 34 heavy (non-hydrogen) atoms. The van der Waals surface area contributed by atoms with Crippen LogP contribution in [0.5, 0.6) is 0 Å². The van der Waals surface area contributed by atoms with Gasteiger partial charge in [0.1, 0.15) is 0 Å². The predicted octanol–water partition coefficient (Wildman–Crippen LogP) is 3.72. The number of hydrogen-bond donors (Lipinski definition) is 1. The smallest absolute Gasteiger partial charge is 0.342 e. The Bertz CT molecular complexity index is 1160. The van der Waals surface area contributed by atoms with Crippen LogP contribution in [-0.2, 0) is 32.3 Å². The van der Waals surface area contributed by atoms with Crippen LogP contribution in [0, 0.1) is 5.92 Å². The number of piperidine rings is 1. The van der Waals surface area contributed by atoms with Gasteiger partial charge in [-0.05, 0) is 36.6 Å². The van der Waals surface area contributed by atoms with Gasteiger partial charge in [0, 0.05) is 45.2 Å². The van der Waals surface area contributed by atoms with Gasteiger partial charge in [0.15, 0.2) is 0 Å². The summed E-state index contributed by atoms with van der Waals surface area (Å²) >= 11 is 0. The molecule has 1 aliphatic heterocycles. The maximum absolute atomic E-state index is 13.3. The Morgan fingerprint density at radius 2 is 1.65 bits per heavy atom. The van der Waals surface area contributed by atoms with E-state index < -0.39 is 32.6 Å². The minimum atomic E-state index is -4.80. The molecule has 184 valence electrons. The summed E-state index contributed by atoms with van der Waals surface area (Å²) < 4.78 is 66.8. The first-order chi connectivity index (χ1) is 15.9. The third-order valence-corrected chi connectivity index (χ3v) is 7.81. The van der Waals surface area contributed by atoms with Crippen molar-refractivity contribution in [2.24, 2.45) is 5.92 Å². The molecule has 1 fully saturated rings. The minimum Gasteiger partial charge on any atom is -0.342 e. The average Bonchev–Trinajstić information content (AvgIpc) is 2.79. The first kappa shape index (κ1) is 25.7. The van der Waals surface area contributed by atoms with E-state index in [9.17, 15) is 31.2 Å². The maximum Gasteiger partial charge on any atom is 0.417 e. The van der Waals surface area contributed by atoms with Crippen LogP contribution in [0.4, 0.5) is 18.9 Å². The van der Waals surface area contributed by atoms with Crippen LogP contribution in [0.25, 0.3) is 0 Å². The average molecular weight is 498 g/mol. The molecule has 1 heterocycles. The predicted molar refractivity (Wildman–Crippen MR) is 120 cm³/mol. The number of amides is 2. The lowest BCUT2D eigenvalue weighted by molar-refractivity contribution is -0.140. The Labute approximate surface area is 196 Å². The standard InChI is InChI=1S/C23H26F3N3O4S/c1-16(30)28(2)15-18-7-3-5-9-20(18)27-22(31)17-11-13-29(14-12-17)34(32,33)21-10-6-4-8-19(21)23(24,25)26/h3-10,17H,11-15H2,1-2H3,(H,27,31). The molecule has 0 atom stereocenters. The molecule has 1 aliphatic rings. The van der Waals surface area contributed by atoms with Crippen LogP contribution in [0.1, 0.15) is 30.9 Å². The fourth-order valence-electron chi connectivity index (χ4n) is 3.80. The number of anilines is 1. The van der Waals surface area contributed by atoms with Gasteiger partial charge in [-0.1, -0.05) is 30.3 Å². The molecule has 1 saturated heterocycles. The van der Waals surface area contributed by atoms with Crippen molar-refractivity contribution in [1.82, 2.24) is 9.21 Å². The molecule has 7 nitrogen and oxygen atoms in total. The van der Waals surface area contributed by atoms with E-state index in [1.165, 1.54) is 17.9 Å². The number of alkyl halides is 3. The van der Waals surface area contributed by atoms with Gasteiger partial charge in [0.25, 0.3) is 0 Å². The molecule has 2 aromatic carbocycles. The molecule has 1 N–H and O–H groups in total. The van der Waals surface area contributed by atoms with Crippen LogP contribution in [0.15, 0.2) is 53.4 Å². The second-order valence-corrected chi connectivity index (χ2v) is 10.1. The zero-order chi connectivity index (χ0) is 25.1. The number of benzene rings is 2. The highest BCUT2D eigenvalue weighted by atomic mass is 32.2. The first-order valence-electron chi connectivity index (χ1n) is 10.7. The van der Waals surface area contributed by atoms with E-state index >= 15 is 0 Å². The molecular formula is C23H26F3N3O4S. The molecule has 0 saturated carbocycles. The molecule has 0 bridgehead atoms. The van der Waals surface area contributed by atoms with Crippen molar-refractivity contribution >= 4 is 27.5 Å². The van der Waals surface area contributed by atoms with Gasteiger partial charge in [-0.25, -0.2) is 8.42 Å². The Kier molecular flexibility index (Phi) is 7.67. The Hall–Kier alpha value is -2.92. The molecule has 0 aliphatic carbocycles. The lowest BCUT2D eigenvalue weighted by Gasteiger charge is -2.31. The number of hydrogen-bond acceptors (Lipinski definition) is 4. The maximum atomic E-state index is 13.3. The molecular weight excluding hydrogens is 471 g/mol. The van der Waals surface area contributed by atoms with E-state index in [1.807, 2.05) is 0 Å². The quantitative estimate of drug-likeness (QED) is 0.659. The normalized spacial score (nSPS) is 15.7. The number of carbonyl (C=O) groups is 2. The number of rotatable bonds is 6. The number of halogens is 3. The molecule has 2 amide bonds. The van der Waals surface area contributed by atoms with Crippen LogP contribution in [0.2, 0.25) is 0 Å². The first-order valence-corrected chi connectivity index (χ1v) is 12.1. The summed E-state index contributed by atoms with van der Waals surface area (Å²) in [7, 11) is -2.72. The zero-order valence-corrected chi connectivity index (χ0v) is 19.6. The van der Waals surface area contributed by atoms with Crippen LogP contribution < -0.4 is 5.32 Å². The van der Waals surface area contributed by atoms with Crippen molar-refractivity contribution in [3.63, 3.8) is 0 Å². The van der Waals surface area contributed by atoms with Gasteiger partial charge < -0.3 is 10.2 Å². The van der Waals surface area contributed by atoms with Crippen molar-refractivity contribution < 1.29 is 31.2 Å². The van der Waals surface area contributed by atoms with Gasteiger partial charge >= 0.3 is 6.18 Å². The van der Waals surface area contributed by atoms with Gasteiger partial charge in [-0.3, -0.25) is 9.59 Å². The van der Waals surface area contributed by atoms with Crippen LogP contribution in [-0.4, -0.2) is 49.6 Å². The lowest BCUT2D eigenvalue weighted by atomic mass is 9.97. The molecule has 2 aromatic rings. The van der Waals surface area contributed by atoms with E-state index in [-0.39, 0.29) is 37.7 Å². The van der Waals surface area contributed by atoms with Crippen LogP contribution in [0.3, 0.4) is 0 Å². The molecule has 0 radical (unpaired) electrons. The summed E-state index contributed by atoms with van der Waals surface area (Å²) in [6.07, 6.45) is -4.45. The molecule has 0 aromatic heterocycles. The molecule has 0 spiro atoms. The number of carbonyl (C=O) groups excluding carboxylic acids is 2. The summed E-state index contributed by atoms with van der Waals surface area (Å²) in [5.41, 5.74) is 0.0917. The summed E-state index contributed by atoms with van der Waals surface area (Å²) in [4.78, 5) is 25.1. The summed E-state index contributed by atoms with van der Waals surface area (Å²) in [5, 5.41) is 2.85. The second kappa shape index (κ2) is 10.1. The summed E-state index contributed by atoms with van der Waals surface area (Å²) in [5.74, 6) is -0.921. The van der Waals surface area contributed by atoms with Gasteiger partial charge in [0.2, 0.25) is 21.8 Å². The highest BCUT2D eigenvalue weighted by molar-refractivity contribution is 7.89. The van der Waals surface area contributed by atoms with E-state index in [1.54, 1.807) is 31.3 Å². The van der Waals surface area contributed by atoms with E-state index in [0.717, 1.165) is 28.1 Å². The Morgan fingerprint density at radius 1 is 1.06 bits per heavy atom. The number of sulfonamides is 1. The van der Waals surface area contributed by atoms with Crippen molar-refractivity contribution in [2.45, 2.75) is 37.4 Å². The third kappa shape index (κ3) is 5.76. The lowest BCUT2D eigenvalue weighted by Crippen LogP contribution is -2.42. The monoisotopic (exact) mass is 497 g/mol. The fourth-order valence-corrected chi connectivity index (χ4v) is 5.49. The van der Waals surface area contributed by atoms with E-state index in [4.69, 9.17) is 0 Å². The third-order valence-electron chi connectivity index (χ3n) is 5.86. The fraction of sp³-hybridized carbons (Fsp3) is 0.391. The molecule has 0 unspecified atom stereocenters. The van der Waals surface area contributed by atoms with Crippen molar-refractivity contribution in [3.8, 4) is 0 Å². The largest absolute Gasteiger partial charge is 0.417 e. The summed E-state index contributed by atoms with van der Waals surface area (Å²) in [6, 6.07) is 11.1. The molecule has 11 heteroatoms. The topological polar surface area (TPSA) is 86.8 Å². The highest BCUT2D eigenvalue weighted by Gasteiger charge is 2.40. The van der Waals surface area contributed by atoms with Crippen molar-refractivity contribution in [2.75, 3.05) is 25.5 Å². The zero-order valence-electron chi connectivity index (χ0n) is 18.8. The van der Waals surface area contributed by atoms with E-state index in [0.29, 0.717) is 12.2 Å².